The lowest BCUT2D eigenvalue weighted by atomic mass is 10.3. The van der Waals surface area contributed by atoms with Crippen molar-refractivity contribution >= 4 is 11.6 Å². The molecule has 0 unspecified atom stereocenters. The molecule has 0 spiro atoms. The van der Waals surface area contributed by atoms with Crippen LogP contribution in [0.15, 0.2) is 6.20 Å². The van der Waals surface area contributed by atoms with Gasteiger partial charge < -0.3 is 9.47 Å². The highest BCUT2D eigenvalue weighted by atomic mass is 35.5. The zero-order chi connectivity index (χ0) is 9.14. The molecular formula is C8H10ClNO2. The second-order valence-electron chi connectivity index (χ2n) is 2.26. The van der Waals surface area contributed by atoms with Gasteiger partial charge in [0, 0.05) is 6.20 Å². The number of aryl methyl sites for hydroxylation is 1. The largest absolute Gasteiger partial charge is 0.491 e. The van der Waals surface area contributed by atoms with Crippen molar-refractivity contribution in [2.45, 2.75) is 6.92 Å². The van der Waals surface area contributed by atoms with Crippen molar-refractivity contribution in [3.05, 3.63) is 16.9 Å². The predicted molar refractivity (Wildman–Crippen MR) is 47.1 cm³/mol. The number of methoxy groups -OCH3 is 2. The second kappa shape index (κ2) is 3.63. The average Bonchev–Trinajstić information content (AvgIpc) is 2.08. The maximum absolute atomic E-state index is 5.81. The lowest BCUT2D eigenvalue weighted by Crippen LogP contribution is -1.95. The molecule has 0 aliphatic carbocycles. The topological polar surface area (TPSA) is 31.4 Å². The van der Waals surface area contributed by atoms with Gasteiger partial charge in [0.1, 0.15) is 5.02 Å². The maximum atomic E-state index is 5.81. The molecule has 0 aromatic carbocycles. The molecule has 0 atom stereocenters. The highest BCUT2D eigenvalue weighted by Crippen LogP contribution is 2.35. The molecule has 1 aromatic rings. The van der Waals surface area contributed by atoms with Gasteiger partial charge in [0.15, 0.2) is 11.5 Å². The number of hydrogen-bond donors (Lipinski definition) is 0. The minimum atomic E-state index is 0.458. The van der Waals surface area contributed by atoms with Crippen molar-refractivity contribution in [3.8, 4) is 11.5 Å². The number of ether oxygens (including phenoxy) is 2. The predicted octanol–water partition coefficient (Wildman–Crippen LogP) is 2.06. The van der Waals surface area contributed by atoms with E-state index in [4.69, 9.17) is 21.1 Å². The first-order chi connectivity index (χ1) is 5.70. The van der Waals surface area contributed by atoms with Gasteiger partial charge in [0.2, 0.25) is 0 Å². The lowest BCUT2D eigenvalue weighted by Gasteiger charge is -2.10. The first-order valence-corrected chi connectivity index (χ1v) is 3.81. The molecule has 1 heterocycles. The normalized spacial score (nSPS) is 9.67. The smallest absolute Gasteiger partial charge is 0.183 e. The molecule has 3 nitrogen and oxygen atoms in total. The van der Waals surface area contributed by atoms with Crippen LogP contribution in [0.4, 0.5) is 0 Å². The summed E-state index contributed by atoms with van der Waals surface area (Å²) in [6.07, 6.45) is 1.54. The highest BCUT2D eigenvalue weighted by Gasteiger charge is 2.11. The summed E-state index contributed by atoms with van der Waals surface area (Å²) in [6, 6.07) is 0. The molecule has 12 heavy (non-hydrogen) atoms. The third-order valence-corrected chi connectivity index (χ3v) is 1.80. The zero-order valence-corrected chi connectivity index (χ0v) is 7.97. The van der Waals surface area contributed by atoms with Crippen molar-refractivity contribution < 1.29 is 9.47 Å². The first kappa shape index (κ1) is 9.13. The SMILES string of the molecule is COc1c(Cl)cnc(C)c1OC. The van der Waals surface area contributed by atoms with E-state index in [2.05, 4.69) is 4.98 Å². The van der Waals surface area contributed by atoms with Gasteiger partial charge in [-0.15, -0.1) is 0 Å². The van der Waals surface area contributed by atoms with Gasteiger partial charge in [-0.25, -0.2) is 0 Å². The van der Waals surface area contributed by atoms with Gasteiger partial charge in [0.25, 0.3) is 0 Å². The van der Waals surface area contributed by atoms with E-state index in [1.54, 1.807) is 14.2 Å². The molecule has 4 heteroatoms. The van der Waals surface area contributed by atoms with Crippen LogP contribution in [0.5, 0.6) is 11.5 Å². The maximum Gasteiger partial charge on any atom is 0.183 e. The number of rotatable bonds is 2. The quantitative estimate of drug-likeness (QED) is 0.710. The van der Waals surface area contributed by atoms with Crippen LogP contribution in [-0.4, -0.2) is 19.2 Å². The molecular weight excluding hydrogens is 178 g/mol. The molecule has 0 N–H and O–H groups in total. The van der Waals surface area contributed by atoms with E-state index in [1.807, 2.05) is 6.92 Å². The average molecular weight is 188 g/mol. The van der Waals surface area contributed by atoms with E-state index in [0.717, 1.165) is 5.69 Å². The summed E-state index contributed by atoms with van der Waals surface area (Å²) in [5.41, 5.74) is 0.763. The van der Waals surface area contributed by atoms with Crippen molar-refractivity contribution in [2.75, 3.05) is 14.2 Å². The fourth-order valence-corrected chi connectivity index (χ4v) is 1.19. The Morgan fingerprint density at radius 1 is 1.25 bits per heavy atom. The third kappa shape index (κ3) is 1.46. The Labute approximate surface area is 76.3 Å². The Morgan fingerprint density at radius 2 is 1.83 bits per heavy atom. The Hall–Kier alpha value is -0.960. The molecule has 66 valence electrons. The second-order valence-corrected chi connectivity index (χ2v) is 2.67. The Kier molecular flexibility index (Phi) is 2.76. The van der Waals surface area contributed by atoms with Crippen LogP contribution in [0.3, 0.4) is 0 Å². The van der Waals surface area contributed by atoms with Crippen molar-refractivity contribution in [2.24, 2.45) is 0 Å². The number of hydrogen-bond acceptors (Lipinski definition) is 3. The molecule has 0 saturated heterocycles. The Bertz CT molecular complexity index is 260. The minimum Gasteiger partial charge on any atom is -0.491 e. The summed E-state index contributed by atoms with van der Waals surface area (Å²) in [6.45, 7) is 1.83. The summed E-state index contributed by atoms with van der Waals surface area (Å²) in [5, 5.41) is 0.458. The summed E-state index contributed by atoms with van der Waals surface area (Å²) in [5.74, 6) is 1.12. The number of halogens is 1. The molecule has 0 bridgehead atoms. The molecule has 1 aromatic heterocycles. The van der Waals surface area contributed by atoms with E-state index in [0.29, 0.717) is 16.5 Å². The van der Waals surface area contributed by atoms with Crippen LogP contribution in [0.25, 0.3) is 0 Å². The van der Waals surface area contributed by atoms with Gasteiger partial charge in [-0.2, -0.15) is 0 Å². The van der Waals surface area contributed by atoms with E-state index in [9.17, 15) is 0 Å². The van der Waals surface area contributed by atoms with Crippen LogP contribution >= 0.6 is 11.6 Å². The standard InChI is InChI=1S/C8H10ClNO2/c1-5-7(11-2)8(12-3)6(9)4-10-5/h4H,1-3H3. The minimum absolute atomic E-state index is 0.458. The van der Waals surface area contributed by atoms with E-state index in [1.165, 1.54) is 6.20 Å². The van der Waals surface area contributed by atoms with Gasteiger partial charge in [-0.1, -0.05) is 11.6 Å². The molecule has 0 saturated carbocycles. The Morgan fingerprint density at radius 3 is 2.25 bits per heavy atom. The van der Waals surface area contributed by atoms with Crippen molar-refractivity contribution in [1.29, 1.82) is 0 Å². The van der Waals surface area contributed by atoms with Crippen LogP contribution in [-0.2, 0) is 0 Å². The van der Waals surface area contributed by atoms with Crippen LogP contribution in [0.2, 0.25) is 5.02 Å². The third-order valence-electron chi connectivity index (χ3n) is 1.53. The number of nitrogens with zero attached hydrogens (tertiary/aromatic N) is 1. The van der Waals surface area contributed by atoms with Gasteiger partial charge in [-0.3, -0.25) is 4.98 Å². The van der Waals surface area contributed by atoms with Gasteiger partial charge in [-0.05, 0) is 6.92 Å². The fourth-order valence-electron chi connectivity index (χ4n) is 0.974. The first-order valence-electron chi connectivity index (χ1n) is 3.43. The van der Waals surface area contributed by atoms with Gasteiger partial charge in [0.05, 0.1) is 19.9 Å². The van der Waals surface area contributed by atoms with Crippen LogP contribution < -0.4 is 9.47 Å². The lowest BCUT2D eigenvalue weighted by molar-refractivity contribution is 0.351. The molecule has 0 aliphatic heterocycles. The van der Waals surface area contributed by atoms with Crippen LogP contribution in [0.1, 0.15) is 5.69 Å². The Balaban J connectivity index is 3.28. The summed E-state index contributed by atoms with van der Waals surface area (Å²) in [4.78, 5) is 4.02. The molecule has 0 aliphatic rings. The van der Waals surface area contributed by atoms with E-state index in [-0.39, 0.29) is 0 Å². The summed E-state index contributed by atoms with van der Waals surface area (Å²) < 4.78 is 10.1. The number of aromatic nitrogens is 1. The van der Waals surface area contributed by atoms with E-state index >= 15 is 0 Å². The fraction of sp³-hybridized carbons (Fsp3) is 0.375. The van der Waals surface area contributed by atoms with Crippen LogP contribution in [0, 0.1) is 6.92 Å². The monoisotopic (exact) mass is 187 g/mol. The molecule has 0 fully saturated rings. The van der Waals surface area contributed by atoms with Crippen molar-refractivity contribution in [1.82, 2.24) is 4.98 Å². The summed E-state index contributed by atoms with van der Waals surface area (Å²) >= 11 is 5.81. The van der Waals surface area contributed by atoms with E-state index < -0.39 is 0 Å². The molecule has 0 amide bonds. The number of pyridine rings is 1. The highest BCUT2D eigenvalue weighted by molar-refractivity contribution is 6.32. The van der Waals surface area contributed by atoms with Gasteiger partial charge >= 0.3 is 0 Å². The molecule has 0 radical (unpaired) electrons. The zero-order valence-electron chi connectivity index (χ0n) is 7.22. The summed E-state index contributed by atoms with van der Waals surface area (Å²) in [7, 11) is 3.10. The molecule has 1 rings (SSSR count). The van der Waals surface area contributed by atoms with Crippen molar-refractivity contribution in [3.63, 3.8) is 0 Å².